The van der Waals surface area contributed by atoms with Gasteiger partial charge in [0.25, 0.3) is 0 Å². The number of hydrogen-bond acceptors (Lipinski definition) is 4. The van der Waals surface area contributed by atoms with Crippen LogP contribution in [0.2, 0.25) is 0 Å². The summed E-state index contributed by atoms with van der Waals surface area (Å²) in [5, 5.41) is 0. The van der Waals surface area contributed by atoms with Crippen LogP contribution in [-0.4, -0.2) is 49.5 Å². The average Bonchev–Trinajstić information content (AvgIpc) is 2.61. The van der Waals surface area contributed by atoms with Crippen molar-refractivity contribution in [2.45, 2.75) is 19.5 Å². The number of carbonyl (C=O) groups excluding carboxylic acids is 1. The molecule has 0 aromatic heterocycles. The summed E-state index contributed by atoms with van der Waals surface area (Å²) in [6.45, 7) is 3.50. The predicted octanol–water partition coefficient (Wildman–Crippen LogP) is 0.818. The molecule has 5 heteroatoms. The van der Waals surface area contributed by atoms with E-state index in [1.54, 1.807) is 12.0 Å². The molecule has 1 saturated heterocycles. The molecule has 20 heavy (non-hydrogen) atoms. The van der Waals surface area contributed by atoms with Crippen molar-refractivity contribution in [3.63, 3.8) is 0 Å². The molecule has 0 bridgehead atoms. The van der Waals surface area contributed by atoms with Gasteiger partial charge >= 0.3 is 0 Å². The van der Waals surface area contributed by atoms with Crippen molar-refractivity contribution in [2.24, 2.45) is 5.73 Å². The maximum Gasteiger partial charge on any atom is 0.236 e. The van der Waals surface area contributed by atoms with Crippen LogP contribution < -0.4 is 10.5 Å². The fraction of sp³-hybridized carbons (Fsp3) is 0.533. The number of ether oxygens (including phenoxy) is 1. The zero-order valence-electron chi connectivity index (χ0n) is 12.3. The maximum atomic E-state index is 11.9. The van der Waals surface area contributed by atoms with Crippen LogP contribution in [0.4, 0.5) is 0 Å². The molecule has 2 N–H and O–H groups in total. The Morgan fingerprint density at radius 2 is 2.15 bits per heavy atom. The fourth-order valence-corrected chi connectivity index (χ4v) is 2.50. The molecular formula is C15H23N3O2. The molecule has 1 aromatic rings. The van der Waals surface area contributed by atoms with Gasteiger partial charge in [0.15, 0.2) is 0 Å². The summed E-state index contributed by atoms with van der Waals surface area (Å²) in [7, 11) is 3.52. The summed E-state index contributed by atoms with van der Waals surface area (Å²) >= 11 is 0. The number of nitrogens with zero attached hydrogens (tertiary/aromatic N) is 2. The summed E-state index contributed by atoms with van der Waals surface area (Å²) in [5.41, 5.74) is 7.83. The molecule has 1 aliphatic heterocycles. The number of benzene rings is 1. The highest BCUT2D eigenvalue weighted by Gasteiger charge is 2.19. The lowest BCUT2D eigenvalue weighted by atomic mass is 10.1. The minimum Gasteiger partial charge on any atom is -0.496 e. The van der Waals surface area contributed by atoms with Crippen molar-refractivity contribution in [1.82, 2.24) is 9.80 Å². The van der Waals surface area contributed by atoms with Crippen molar-refractivity contribution in [3.8, 4) is 5.75 Å². The van der Waals surface area contributed by atoms with Crippen molar-refractivity contribution in [1.29, 1.82) is 0 Å². The van der Waals surface area contributed by atoms with Gasteiger partial charge in [0.2, 0.25) is 5.91 Å². The first-order valence-electron chi connectivity index (χ1n) is 6.96. The van der Waals surface area contributed by atoms with Gasteiger partial charge in [-0.3, -0.25) is 9.69 Å². The van der Waals surface area contributed by atoms with Crippen LogP contribution in [0.1, 0.15) is 17.5 Å². The number of rotatable bonds is 4. The second-order valence-corrected chi connectivity index (χ2v) is 5.23. The van der Waals surface area contributed by atoms with Gasteiger partial charge in [-0.15, -0.1) is 0 Å². The van der Waals surface area contributed by atoms with Crippen LogP contribution >= 0.6 is 0 Å². The largest absolute Gasteiger partial charge is 0.496 e. The third kappa shape index (κ3) is 3.49. The topological polar surface area (TPSA) is 58.8 Å². The normalized spacial score (nSPS) is 17.1. The highest BCUT2D eigenvalue weighted by atomic mass is 16.5. The lowest BCUT2D eigenvalue weighted by Crippen LogP contribution is -2.34. The first-order valence-corrected chi connectivity index (χ1v) is 6.96. The third-order valence-corrected chi connectivity index (χ3v) is 3.73. The molecule has 1 aromatic carbocycles. The van der Waals surface area contributed by atoms with E-state index in [2.05, 4.69) is 11.0 Å². The first kappa shape index (κ1) is 14.8. The van der Waals surface area contributed by atoms with E-state index >= 15 is 0 Å². The minimum atomic E-state index is 0.188. The van der Waals surface area contributed by atoms with E-state index in [0.717, 1.165) is 42.9 Å². The number of carbonyl (C=O) groups is 1. The number of methoxy groups -OCH3 is 1. The Morgan fingerprint density at radius 1 is 1.35 bits per heavy atom. The number of amides is 1. The van der Waals surface area contributed by atoms with Crippen LogP contribution in [0.25, 0.3) is 0 Å². The lowest BCUT2D eigenvalue weighted by Gasteiger charge is -2.20. The Labute approximate surface area is 120 Å². The molecular weight excluding hydrogens is 254 g/mol. The molecule has 0 radical (unpaired) electrons. The molecule has 0 unspecified atom stereocenters. The van der Waals surface area contributed by atoms with E-state index in [0.29, 0.717) is 13.1 Å². The Bertz CT molecular complexity index is 476. The lowest BCUT2D eigenvalue weighted by molar-refractivity contribution is -0.129. The molecule has 1 fully saturated rings. The van der Waals surface area contributed by atoms with Gasteiger partial charge in [-0.1, -0.05) is 12.1 Å². The summed E-state index contributed by atoms with van der Waals surface area (Å²) in [6, 6.07) is 6.07. The molecule has 5 nitrogen and oxygen atoms in total. The standard InChI is InChI=1S/C15H23N3O2/c1-17-6-3-7-18(11-15(17)19)10-12-4-5-13(9-16)14(8-12)20-2/h4-5,8H,3,6-7,9-11,16H2,1-2H3. The van der Waals surface area contributed by atoms with Crippen molar-refractivity contribution in [3.05, 3.63) is 29.3 Å². The summed E-state index contributed by atoms with van der Waals surface area (Å²) < 4.78 is 5.36. The van der Waals surface area contributed by atoms with Crippen LogP contribution in [0.15, 0.2) is 18.2 Å². The van der Waals surface area contributed by atoms with E-state index < -0.39 is 0 Å². The van der Waals surface area contributed by atoms with Gasteiger partial charge in [-0.05, 0) is 18.1 Å². The third-order valence-electron chi connectivity index (χ3n) is 3.73. The van der Waals surface area contributed by atoms with Gasteiger partial charge in [0.1, 0.15) is 5.75 Å². The van der Waals surface area contributed by atoms with Crippen molar-refractivity contribution in [2.75, 3.05) is 33.8 Å². The van der Waals surface area contributed by atoms with Crippen molar-refractivity contribution >= 4 is 5.91 Å². The number of likely N-dealkylation sites (N-methyl/N-ethyl adjacent to an activating group) is 1. The average molecular weight is 277 g/mol. The predicted molar refractivity (Wildman–Crippen MR) is 78.4 cm³/mol. The Hall–Kier alpha value is -1.59. The Balaban J connectivity index is 2.07. The molecule has 0 saturated carbocycles. The van der Waals surface area contributed by atoms with E-state index in [4.69, 9.17) is 10.5 Å². The number of nitrogens with two attached hydrogens (primary N) is 1. The van der Waals surface area contributed by atoms with Gasteiger partial charge in [0.05, 0.1) is 13.7 Å². The van der Waals surface area contributed by atoms with Gasteiger partial charge in [0, 0.05) is 38.8 Å². The van der Waals surface area contributed by atoms with Gasteiger partial charge < -0.3 is 15.4 Å². The SMILES string of the molecule is COc1cc(CN2CCCN(C)C(=O)C2)ccc1CN. The van der Waals surface area contributed by atoms with Crippen LogP contribution in [0.3, 0.4) is 0 Å². The van der Waals surface area contributed by atoms with E-state index in [1.807, 2.05) is 19.2 Å². The number of hydrogen-bond donors (Lipinski definition) is 1. The van der Waals surface area contributed by atoms with Crippen LogP contribution in [0, 0.1) is 0 Å². The smallest absolute Gasteiger partial charge is 0.236 e. The summed E-state index contributed by atoms with van der Waals surface area (Å²) in [4.78, 5) is 15.9. The molecule has 0 aliphatic carbocycles. The molecule has 0 spiro atoms. The van der Waals surface area contributed by atoms with Crippen LogP contribution in [0.5, 0.6) is 5.75 Å². The fourth-order valence-electron chi connectivity index (χ4n) is 2.50. The van der Waals surface area contributed by atoms with Gasteiger partial charge in [-0.25, -0.2) is 0 Å². The zero-order chi connectivity index (χ0) is 14.5. The van der Waals surface area contributed by atoms with E-state index in [-0.39, 0.29) is 5.91 Å². The second-order valence-electron chi connectivity index (χ2n) is 5.23. The monoisotopic (exact) mass is 277 g/mol. The zero-order valence-corrected chi connectivity index (χ0v) is 12.3. The second kappa shape index (κ2) is 6.72. The molecule has 1 aliphatic rings. The summed E-state index contributed by atoms with van der Waals surface area (Å²) in [6.07, 6.45) is 1.01. The molecule has 1 amide bonds. The minimum absolute atomic E-state index is 0.188. The molecule has 2 rings (SSSR count). The quantitative estimate of drug-likeness (QED) is 0.885. The molecule has 1 heterocycles. The van der Waals surface area contributed by atoms with E-state index in [9.17, 15) is 4.79 Å². The van der Waals surface area contributed by atoms with Gasteiger partial charge in [-0.2, -0.15) is 0 Å². The highest BCUT2D eigenvalue weighted by molar-refractivity contribution is 5.78. The molecule has 0 atom stereocenters. The van der Waals surface area contributed by atoms with Crippen molar-refractivity contribution < 1.29 is 9.53 Å². The Morgan fingerprint density at radius 3 is 2.85 bits per heavy atom. The van der Waals surface area contributed by atoms with Crippen LogP contribution in [-0.2, 0) is 17.9 Å². The Kier molecular flexibility index (Phi) is 4.98. The van der Waals surface area contributed by atoms with E-state index in [1.165, 1.54) is 0 Å². The maximum absolute atomic E-state index is 11.9. The highest BCUT2D eigenvalue weighted by Crippen LogP contribution is 2.21. The molecule has 110 valence electrons. The first-order chi connectivity index (χ1) is 9.63. The summed E-state index contributed by atoms with van der Waals surface area (Å²) in [5.74, 6) is 1.01.